The van der Waals surface area contributed by atoms with E-state index >= 15 is 0 Å². The summed E-state index contributed by atoms with van der Waals surface area (Å²) in [4.78, 5) is 17.5. The molecule has 0 unspecified atom stereocenters. The van der Waals surface area contributed by atoms with Crippen molar-refractivity contribution in [1.82, 2.24) is 4.90 Å². The van der Waals surface area contributed by atoms with Gasteiger partial charge in [-0.25, -0.2) is 4.79 Å². The molecule has 1 aromatic rings. The fourth-order valence-corrected chi connectivity index (χ4v) is 1.93. The van der Waals surface area contributed by atoms with Crippen molar-refractivity contribution >= 4 is 17.7 Å². The average molecular weight is 354 g/mol. The lowest BCUT2D eigenvalue weighted by Gasteiger charge is -2.20. The van der Waals surface area contributed by atoms with Gasteiger partial charge in [-0.15, -0.1) is 0 Å². The summed E-state index contributed by atoms with van der Waals surface area (Å²) in [6.07, 6.45) is 0. The van der Waals surface area contributed by atoms with E-state index in [1.807, 2.05) is 13.8 Å². The Hall–Kier alpha value is -2.84. The minimum atomic E-state index is -0.677. The molecule has 25 heavy (non-hydrogen) atoms. The second kappa shape index (κ2) is 9.45. The predicted molar refractivity (Wildman–Crippen MR) is 96.2 cm³/mol. The number of hydrogen-bond donors (Lipinski definition) is 2. The van der Waals surface area contributed by atoms with Gasteiger partial charge in [0.1, 0.15) is 5.69 Å². The summed E-state index contributed by atoms with van der Waals surface area (Å²) in [6.45, 7) is 4.36. The fraction of sp³-hybridized carbons (Fsp3) is 0.500. The molecule has 0 spiro atoms. The Balaban J connectivity index is 3.45. The Morgan fingerprint density at radius 3 is 1.96 bits per heavy atom. The van der Waals surface area contributed by atoms with Crippen molar-refractivity contribution in [3.8, 4) is 23.0 Å². The number of amides is 2. The average Bonchev–Trinajstić information content (AvgIpc) is 2.57. The minimum Gasteiger partial charge on any atom is -0.493 e. The number of nitrogens with zero attached hydrogens (tertiary/aromatic N) is 2. The third kappa shape index (κ3) is 5.07. The van der Waals surface area contributed by atoms with Crippen molar-refractivity contribution in [3.05, 3.63) is 6.07 Å². The lowest BCUT2D eigenvalue weighted by atomic mass is 10.2. The molecule has 2 amide bonds. The molecule has 1 aromatic carbocycles. The molecule has 0 saturated carbocycles. The van der Waals surface area contributed by atoms with Gasteiger partial charge < -0.3 is 29.6 Å². The van der Waals surface area contributed by atoms with Gasteiger partial charge in [0, 0.05) is 20.2 Å². The Morgan fingerprint density at radius 1 is 1.12 bits per heavy atom. The maximum absolute atomic E-state index is 12.2. The number of hydrogen-bond acceptors (Lipinski definition) is 5. The van der Waals surface area contributed by atoms with E-state index < -0.39 is 6.03 Å². The normalized spacial score (nSPS) is 10.9. The van der Waals surface area contributed by atoms with Crippen LogP contribution in [0.3, 0.4) is 0 Å². The zero-order valence-electron chi connectivity index (χ0n) is 15.5. The number of urea groups is 1. The number of ether oxygens (including phenoxy) is 4. The Kier molecular flexibility index (Phi) is 7.64. The molecular weight excluding hydrogens is 328 g/mol. The highest BCUT2D eigenvalue weighted by molar-refractivity contribution is 6.01. The molecule has 9 nitrogen and oxygen atoms in total. The van der Waals surface area contributed by atoms with Gasteiger partial charge in [-0.1, -0.05) is 0 Å². The topological polar surface area (TPSA) is 108 Å². The van der Waals surface area contributed by atoms with Gasteiger partial charge in [-0.05, 0) is 13.8 Å². The number of carbonyl (C=O) groups is 1. The van der Waals surface area contributed by atoms with E-state index in [0.717, 1.165) is 0 Å². The number of methoxy groups -OCH3 is 2. The smallest absolute Gasteiger partial charge is 0.348 e. The van der Waals surface area contributed by atoms with Crippen LogP contribution < -0.4 is 30.0 Å². The zero-order valence-corrected chi connectivity index (χ0v) is 15.5. The first-order valence-corrected chi connectivity index (χ1v) is 7.76. The van der Waals surface area contributed by atoms with Crippen molar-refractivity contribution in [3.63, 3.8) is 0 Å². The van der Waals surface area contributed by atoms with Crippen LogP contribution in [0.4, 0.5) is 10.5 Å². The second-order valence-electron chi connectivity index (χ2n) is 4.97. The van der Waals surface area contributed by atoms with Crippen molar-refractivity contribution in [2.24, 2.45) is 10.7 Å². The fourth-order valence-electron chi connectivity index (χ4n) is 1.93. The summed E-state index contributed by atoms with van der Waals surface area (Å²) < 4.78 is 21.9. The van der Waals surface area contributed by atoms with E-state index in [9.17, 15) is 4.79 Å². The summed E-state index contributed by atoms with van der Waals surface area (Å²) in [6, 6.07) is 0.951. The van der Waals surface area contributed by atoms with Gasteiger partial charge >= 0.3 is 6.03 Å². The highest BCUT2D eigenvalue weighted by Crippen LogP contribution is 2.48. The molecule has 0 bridgehead atoms. The minimum absolute atomic E-state index is 0.0586. The van der Waals surface area contributed by atoms with Gasteiger partial charge in [0.2, 0.25) is 0 Å². The van der Waals surface area contributed by atoms with Gasteiger partial charge in [0.25, 0.3) is 0 Å². The summed E-state index contributed by atoms with van der Waals surface area (Å²) in [5.74, 6) is 1.48. The molecule has 140 valence electrons. The molecule has 0 radical (unpaired) electrons. The van der Waals surface area contributed by atoms with Crippen LogP contribution in [0.25, 0.3) is 0 Å². The SMILES string of the molecule is CCOc1c(OC)cc(OC)c(OCC)c1NC(=O)N=C(N)N(C)C. The van der Waals surface area contributed by atoms with Crippen molar-refractivity contribution in [2.45, 2.75) is 13.8 Å². The van der Waals surface area contributed by atoms with E-state index in [2.05, 4.69) is 10.3 Å². The maximum atomic E-state index is 12.2. The predicted octanol–water partition coefficient (Wildman–Crippen LogP) is 1.91. The summed E-state index contributed by atoms with van der Waals surface area (Å²) >= 11 is 0. The van der Waals surface area contributed by atoms with Crippen LogP contribution in [0.2, 0.25) is 0 Å². The highest BCUT2D eigenvalue weighted by Gasteiger charge is 2.24. The van der Waals surface area contributed by atoms with Crippen LogP contribution in [0.1, 0.15) is 13.8 Å². The number of rotatable bonds is 7. The molecule has 0 saturated heterocycles. The standard InChI is InChI=1S/C16H26N4O5/c1-7-24-13-10(22-5)9-11(23-6)14(25-8-2)12(13)18-16(21)19-15(17)20(3)4/h9H,7-8H2,1-6H3,(H3,17,18,19,21). The molecule has 3 N–H and O–H groups in total. The van der Waals surface area contributed by atoms with Gasteiger partial charge in [-0.3, -0.25) is 5.32 Å². The van der Waals surface area contributed by atoms with Crippen LogP contribution >= 0.6 is 0 Å². The van der Waals surface area contributed by atoms with Gasteiger partial charge in [0.05, 0.1) is 27.4 Å². The van der Waals surface area contributed by atoms with E-state index in [-0.39, 0.29) is 11.6 Å². The molecule has 0 aliphatic carbocycles. The van der Waals surface area contributed by atoms with Crippen LogP contribution in [-0.4, -0.2) is 58.4 Å². The number of anilines is 1. The number of nitrogens with one attached hydrogen (secondary N) is 1. The quantitative estimate of drug-likeness (QED) is 0.569. The summed E-state index contributed by atoms with van der Waals surface area (Å²) in [5.41, 5.74) is 5.94. The van der Waals surface area contributed by atoms with E-state index in [1.165, 1.54) is 19.1 Å². The van der Waals surface area contributed by atoms with Crippen LogP contribution in [0.5, 0.6) is 23.0 Å². The van der Waals surface area contributed by atoms with Crippen LogP contribution in [0.15, 0.2) is 11.1 Å². The number of nitrogens with two attached hydrogens (primary N) is 1. The van der Waals surface area contributed by atoms with E-state index in [1.54, 1.807) is 20.2 Å². The second-order valence-corrected chi connectivity index (χ2v) is 4.97. The van der Waals surface area contributed by atoms with Crippen LogP contribution in [0, 0.1) is 0 Å². The lowest BCUT2D eigenvalue weighted by molar-refractivity contribution is 0.258. The third-order valence-corrected chi connectivity index (χ3v) is 3.09. The van der Waals surface area contributed by atoms with Crippen LogP contribution in [-0.2, 0) is 0 Å². The van der Waals surface area contributed by atoms with Gasteiger partial charge in [-0.2, -0.15) is 4.99 Å². The molecule has 9 heteroatoms. The van der Waals surface area contributed by atoms with E-state index in [4.69, 9.17) is 24.7 Å². The first-order valence-electron chi connectivity index (χ1n) is 7.76. The number of benzene rings is 1. The molecule has 0 heterocycles. The van der Waals surface area contributed by atoms with Crippen molar-refractivity contribution in [2.75, 3.05) is 46.8 Å². The van der Waals surface area contributed by atoms with Crippen molar-refractivity contribution in [1.29, 1.82) is 0 Å². The third-order valence-electron chi connectivity index (χ3n) is 3.09. The molecule has 0 aliphatic rings. The Bertz CT molecular complexity index is 599. The molecule has 0 aromatic heterocycles. The first-order chi connectivity index (χ1) is 11.9. The molecular formula is C16H26N4O5. The number of guanidine groups is 1. The van der Waals surface area contributed by atoms with Gasteiger partial charge in [0.15, 0.2) is 29.0 Å². The Labute approximate surface area is 147 Å². The number of carbonyl (C=O) groups excluding carboxylic acids is 1. The largest absolute Gasteiger partial charge is 0.493 e. The van der Waals surface area contributed by atoms with Crippen molar-refractivity contribution < 1.29 is 23.7 Å². The molecule has 0 aliphatic heterocycles. The molecule has 0 fully saturated rings. The zero-order chi connectivity index (χ0) is 19.0. The highest BCUT2D eigenvalue weighted by atomic mass is 16.5. The molecule has 0 atom stereocenters. The summed E-state index contributed by atoms with van der Waals surface area (Å²) in [5, 5.41) is 2.64. The summed E-state index contributed by atoms with van der Waals surface area (Å²) in [7, 11) is 6.34. The monoisotopic (exact) mass is 354 g/mol. The number of aliphatic imine (C=N–C) groups is 1. The lowest BCUT2D eigenvalue weighted by Crippen LogP contribution is -2.32. The first kappa shape index (κ1) is 20.2. The Morgan fingerprint density at radius 2 is 1.60 bits per heavy atom. The van der Waals surface area contributed by atoms with E-state index in [0.29, 0.717) is 36.2 Å². The molecule has 1 rings (SSSR count). The maximum Gasteiger partial charge on any atom is 0.348 e.